The van der Waals surface area contributed by atoms with Crippen molar-refractivity contribution in [3.05, 3.63) is 95.6 Å². The molecule has 2 aliphatic rings. The molecule has 1 saturated heterocycles. The third kappa shape index (κ3) is 6.88. The van der Waals surface area contributed by atoms with Gasteiger partial charge in [0.2, 0.25) is 0 Å². The second-order valence-electron chi connectivity index (χ2n) is 11.8. The van der Waals surface area contributed by atoms with E-state index in [1.165, 1.54) is 6.07 Å². The van der Waals surface area contributed by atoms with Crippen molar-refractivity contribution < 1.29 is 32.6 Å². The number of benzene rings is 3. The second-order valence-corrected chi connectivity index (χ2v) is 11.8. The quantitative estimate of drug-likeness (QED) is 0.286. The average molecular weight is 566 g/mol. The number of hydroxylamine groups is 1. The molecule has 1 saturated carbocycles. The van der Waals surface area contributed by atoms with E-state index in [2.05, 4.69) is 5.48 Å². The van der Waals surface area contributed by atoms with Crippen molar-refractivity contribution in [2.45, 2.75) is 82.8 Å². The summed E-state index contributed by atoms with van der Waals surface area (Å²) < 4.78 is 43.0. The van der Waals surface area contributed by atoms with Crippen LogP contribution >= 0.6 is 0 Å². The summed E-state index contributed by atoms with van der Waals surface area (Å²) in [6, 6.07) is 24.0. The Hall–Kier alpha value is -3.49. The lowest BCUT2D eigenvalue weighted by Crippen LogP contribution is -2.47. The Morgan fingerprint density at radius 1 is 1.05 bits per heavy atom. The number of carbonyl (C=O) groups is 1. The molecule has 6 nitrogen and oxygen atoms in total. The molecular weight excluding hydrogens is 528 g/mol. The number of rotatable bonds is 8. The van der Waals surface area contributed by atoms with E-state index >= 15 is 0 Å². The molecule has 1 aliphatic heterocycles. The minimum atomic E-state index is -2.95. The van der Waals surface area contributed by atoms with Crippen LogP contribution in [0.4, 0.5) is 8.78 Å². The van der Waals surface area contributed by atoms with Crippen molar-refractivity contribution in [3.63, 3.8) is 0 Å². The van der Waals surface area contributed by atoms with Gasteiger partial charge in [0.15, 0.2) is 0 Å². The van der Waals surface area contributed by atoms with Crippen molar-refractivity contribution in [2.24, 2.45) is 5.92 Å². The first kappa shape index (κ1) is 29.0. The third-order valence-corrected chi connectivity index (χ3v) is 7.73. The van der Waals surface area contributed by atoms with Gasteiger partial charge in [0, 0.05) is 17.9 Å². The van der Waals surface area contributed by atoms with Gasteiger partial charge in [-0.1, -0.05) is 60.7 Å². The van der Waals surface area contributed by atoms with E-state index < -0.39 is 23.7 Å². The van der Waals surface area contributed by atoms with Crippen LogP contribution in [0.15, 0.2) is 78.9 Å². The van der Waals surface area contributed by atoms with Gasteiger partial charge in [-0.05, 0) is 69.4 Å². The maximum Gasteiger partial charge on any atom is 0.387 e. The second kappa shape index (κ2) is 12.2. The van der Waals surface area contributed by atoms with Crippen LogP contribution in [0.5, 0.6) is 11.5 Å². The first-order chi connectivity index (χ1) is 19.6. The highest BCUT2D eigenvalue weighted by Crippen LogP contribution is 2.54. The molecule has 0 radical (unpaired) electrons. The lowest BCUT2D eigenvalue weighted by molar-refractivity contribution is -0.170. The number of hydrogen-bond donors (Lipinski definition) is 1. The molecular formula is C33H37F2NO5. The zero-order chi connectivity index (χ0) is 29.0. The van der Waals surface area contributed by atoms with Gasteiger partial charge in [0.25, 0.3) is 0 Å². The van der Waals surface area contributed by atoms with Gasteiger partial charge >= 0.3 is 12.6 Å². The molecule has 8 heteroatoms. The Labute approximate surface area is 239 Å². The van der Waals surface area contributed by atoms with Crippen molar-refractivity contribution in [1.29, 1.82) is 0 Å². The van der Waals surface area contributed by atoms with Crippen LogP contribution < -0.4 is 15.0 Å². The van der Waals surface area contributed by atoms with E-state index in [0.717, 1.165) is 24.0 Å². The molecule has 41 heavy (non-hydrogen) atoms. The fourth-order valence-electron chi connectivity index (χ4n) is 6.11. The summed E-state index contributed by atoms with van der Waals surface area (Å²) in [5.74, 6) is -0.312. The summed E-state index contributed by atoms with van der Waals surface area (Å²) in [5.41, 5.74) is 4.49. The van der Waals surface area contributed by atoms with Crippen LogP contribution in [0.1, 0.15) is 75.1 Å². The predicted octanol–water partition coefficient (Wildman–Crippen LogP) is 7.50. The van der Waals surface area contributed by atoms with Crippen LogP contribution in [-0.4, -0.2) is 23.8 Å². The van der Waals surface area contributed by atoms with Gasteiger partial charge in [0.05, 0.1) is 17.6 Å². The fourth-order valence-corrected chi connectivity index (χ4v) is 6.11. The van der Waals surface area contributed by atoms with Crippen LogP contribution in [0.2, 0.25) is 0 Å². The highest BCUT2D eigenvalue weighted by Gasteiger charge is 2.55. The number of halogens is 2. The number of hydrogen-bond acceptors (Lipinski definition) is 6. The molecule has 0 bridgehead atoms. The SMILES string of the molecule is CC(C)(C)OC(=O)C1CCC[C@@]2(C[C@H](c3cc(OC(F)F)ccc3OCc3ccccc3)NO2)[C@@H]1c1ccccc1. The van der Waals surface area contributed by atoms with E-state index in [1.54, 1.807) is 12.1 Å². The van der Waals surface area contributed by atoms with Crippen molar-refractivity contribution in [3.8, 4) is 11.5 Å². The average Bonchev–Trinajstić information content (AvgIpc) is 3.35. The van der Waals surface area contributed by atoms with Gasteiger partial charge in [-0.15, -0.1) is 0 Å². The summed E-state index contributed by atoms with van der Waals surface area (Å²) >= 11 is 0. The van der Waals surface area contributed by atoms with Crippen molar-refractivity contribution in [2.75, 3.05) is 0 Å². The van der Waals surface area contributed by atoms with Gasteiger partial charge in [-0.25, -0.2) is 0 Å². The normalized spacial score (nSPS) is 24.4. The largest absolute Gasteiger partial charge is 0.489 e. The number of carbonyl (C=O) groups excluding carboxylic acids is 1. The Kier molecular flexibility index (Phi) is 8.61. The van der Waals surface area contributed by atoms with Crippen molar-refractivity contribution >= 4 is 5.97 Å². The minimum absolute atomic E-state index is 0.0414. The molecule has 3 aromatic carbocycles. The molecule has 4 atom stereocenters. The summed E-state index contributed by atoms with van der Waals surface area (Å²) in [7, 11) is 0. The summed E-state index contributed by atoms with van der Waals surface area (Å²) in [6.07, 6.45) is 2.70. The van der Waals surface area contributed by atoms with E-state index in [4.69, 9.17) is 19.0 Å². The summed E-state index contributed by atoms with van der Waals surface area (Å²) in [5, 5.41) is 0. The number of nitrogens with one attached hydrogen (secondary N) is 1. The standard InChI is InChI=1S/C33H37F2NO5/c1-32(2,3)40-30(37)25-15-10-18-33(29(25)23-13-8-5-9-14-23)20-27(36-41-33)26-19-24(39-31(34)35)16-17-28(26)38-21-22-11-6-4-7-12-22/h4-9,11-14,16-17,19,25,27,29,31,36H,10,15,18,20-21H2,1-3H3/t25?,27-,29-,33-/m1/s1. The molecule has 1 spiro atoms. The van der Waals surface area contributed by atoms with Crippen LogP contribution in [0.3, 0.4) is 0 Å². The molecule has 1 unspecified atom stereocenters. The minimum Gasteiger partial charge on any atom is -0.489 e. The summed E-state index contributed by atoms with van der Waals surface area (Å²) in [4.78, 5) is 20.0. The highest BCUT2D eigenvalue weighted by molar-refractivity contribution is 5.75. The maximum absolute atomic E-state index is 13.5. The number of ether oxygens (including phenoxy) is 3. The zero-order valence-corrected chi connectivity index (χ0v) is 23.6. The maximum atomic E-state index is 13.5. The van der Waals surface area contributed by atoms with Crippen LogP contribution in [-0.2, 0) is 21.0 Å². The molecule has 3 aromatic rings. The molecule has 0 amide bonds. The Bertz CT molecular complexity index is 1310. The number of esters is 1. The van der Waals surface area contributed by atoms with Gasteiger partial charge in [-0.3, -0.25) is 9.63 Å². The van der Waals surface area contributed by atoms with Crippen molar-refractivity contribution in [1.82, 2.24) is 5.48 Å². The monoisotopic (exact) mass is 565 g/mol. The third-order valence-electron chi connectivity index (χ3n) is 7.73. The molecule has 218 valence electrons. The molecule has 5 rings (SSSR count). The van der Waals surface area contributed by atoms with Gasteiger partial charge < -0.3 is 14.2 Å². The Morgan fingerprint density at radius 2 is 1.76 bits per heavy atom. The molecule has 1 aliphatic carbocycles. The lowest BCUT2D eigenvalue weighted by atomic mass is 9.64. The molecule has 2 fully saturated rings. The topological polar surface area (TPSA) is 66.0 Å². The van der Waals surface area contributed by atoms with Crippen LogP contribution in [0.25, 0.3) is 0 Å². The smallest absolute Gasteiger partial charge is 0.387 e. The van der Waals surface area contributed by atoms with Crippen LogP contribution in [0, 0.1) is 5.92 Å². The summed E-state index contributed by atoms with van der Waals surface area (Å²) in [6.45, 7) is 2.98. The molecule has 1 heterocycles. The molecule has 0 aromatic heterocycles. The van der Waals surface area contributed by atoms with Gasteiger partial charge in [-0.2, -0.15) is 14.3 Å². The number of alkyl halides is 2. The molecule has 1 N–H and O–H groups in total. The highest BCUT2D eigenvalue weighted by atomic mass is 19.3. The Morgan fingerprint density at radius 3 is 2.44 bits per heavy atom. The Balaban J connectivity index is 1.47. The van der Waals surface area contributed by atoms with E-state index in [1.807, 2.05) is 81.4 Å². The first-order valence-corrected chi connectivity index (χ1v) is 14.1. The predicted molar refractivity (Wildman–Crippen MR) is 151 cm³/mol. The van der Waals surface area contributed by atoms with E-state index in [-0.39, 0.29) is 23.7 Å². The first-order valence-electron chi connectivity index (χ1n) is 14.1. The van der Waals surface area contributed by atoms with E-state index in [0.29, 0.717) is 30.8 Å². The van der Waals surface area contributed by atoms with Gasteiger partial charge in [0.1, 0.15) is 23.7 Å². The lowest BCUT2D eigenvalue weighted by Gasteiger charge is -2.44. The van der Waals surface area contributed by atoms with E-state index in [9.17, 15) is 13.6 Å². The zero-order valence-electron chi connectivity index (χ0n) is 23.6. The fraction of sp³-hybridized carbons (Fsp3) is 0.424.